The van der Waals surface area contributed by atoms with Crippen LogP contribution in [0.1, 0.15) is 85.0 Å². The Hall–Kier alpha value is -0.0800. The average molecular weight is 244 g/mol. The highest BCUT2D eigenvalue weighted by molar-refractivity contribution is 4.74. The Labute approximate surface area is 108 Å². The van der Waals surface area contributed by atoms with Gasteiger partial charge in [-0.3, -0.25) is 5.26 Å². The molecule has 0 aliphatic carbocycles. The number of unbranched alkanes of at least 4 members (excludes halogenated alkanes) is 5. The van der Waals surface area contributed by atoms with Gasteiger partial charge in [0.25, 0.3) is 0 Å². The molecule has 0 fully saturated rings. The first-order chi connectivity index (χ1) is 8.24. The largest absolute Gasteiger partial charge is 0.252 e. The van der Waals surface area contributed by atoms with Crippen molar-refractivity contribution in [3.63, 3.8) is 0 Å². The molecule has 0 aromatic carbocycles. The molecule has 0 aromatic heterocycles. The molecule has 0 aliphatic rings. The molecule has 104 valence electrons. The van der Waals surface area contributed by atoms with Gasteiger partial charge in [-0.1, -0.05) is 72.1 Å². The van der Waals surface area contributed by atoms with Crippen molar-refractivity contribution in [2.45, 2.75) is 85.0 Å². The molecule has 0 radical (unpaired) electrons. The van der Waals surface area contributed by atoms with E-state index in [0.29, 0.717) is 12.0 Å². The monoisotopic (exact) mass is 244 g/mol. The first-order valence-corrected chi connectivity index (χ1v) is 7.51. The number of rotatable bonds is 12. The fraction of sp³-hybridized carbons (Fsp3) is 1.00. The summed E-state index contributed by atoms with van der Waals surface area (Å²) < 4.78 is 0. The SMILES string of the molecule is CCC(CC)(CC)CCCCCCCCOO. The van der Waals surface area contributed by atoms with E-state index >= 15 is 0 Å². The smallest absolute Gasteiger partial charge is 0.0819 e. The lowest BCUT2D eigenvalue weighted by Crippen LogP contribution is -2.17. The third kappa shape index (κ3) is 7.77. The van der Waals surface area contributed by atoms with Gasteiger partial charge in [-0.05, 0) is 18.3 Å². The van der Waals surface area contributed by atoms with E-state index in [4.69, 9.17) is 5.26 Å². The average Bonchev–Trinajstić information content (AvgIpc) is 2.38. The molecule has 17 heavy (non-hydrogen) atoms. The molecular weight excluding hydrogens is 212 g/mol. The van der Waals surface area contributed by atoms with Crippen LogP contribution in [-0.2, 0) is 4.89 Å². The molecule has 0 saturated carbocycles. The van der Waals surface area contributed by atoms with E-state index in [2.05, 4.69) is 25.7 Å². The molecule has 2 nitrogen and oxygen atoms in total. The van der Waals surface area contributed by atoms with Crippen LogP contribution in [0.25, 0.3) is 0 Å². The second-order valence-electron chi connectivity index (χ2n) is 5.27. The van der Waals surface area contributed by atoms with Crippen molar-refractivity contribution in [1.82, 2.24) is 0 Å². The van der Waals surface area contributed by atoms with E-state index < -0.39 is 0 Å². The molecule has 0 rings (SSSR count). The van der Waals surface area contributed by atoms with Gasteiger partial charge < -0.3 is 0 Å². The summed E-state index contributed by atoms with van der Waals surface area (Å²) in [6.45, 7) is 7.50. The van der Waals surface area contributed by atoms with Gasteiger partial charge in [-0.15, -0.1) is 0 Å². The molecule has 0 unspecified atom stereocenters. The third-order valence-electron chi connectivity index (χ3n) is 4.44. The molecule has 0 spiro atoms. The van der Waals surface area contributed by atoms with Crippen molar-refractivity contribution in [2.75, 3.05) is 6.61 Å². The first-order valence-electron chi connectivity index (χ1n) is 7.51. The lowest BCUT2D eigenvalue weighted by atomic mass is 9.75. The van der Waals surface area contributed by atoms with Crippen LogP contribution in [0, 0.1) is 5.41 Å². The van der Waals surface area contributed by atoms with Gasteiger partial charge in [0.2, 0.25) is 0 Å². The van der Waals surface area contributed by atoms with E-state index in [1.54, 1.807) is 0 Å². The van der Waals surface area contributed by atoms with Gasteiger partial charge in [-0.25, -0.2) is 4.89 Å². The second-order valence-corrected chi connectivity index (χ2v) is 5.27. The lowest BCUT2D eigenvalue weighted by Gasteiger charge is -2.30. The third-order valence-corrected chi connectivity index (χ3v) is 4.44. The standard InChI is InChI=1S/C15H32O2/c1-4-15(5-2,6-3)13-11-9-7-8-10-12-14-17-16/h16H,4-14H2,1-3H3. The summed E-state index contributed by atoms with van der Waals surface area (Å²) in [7, 11) is 0. The Morgan fingerprint density at radius 3 is 1.71 bits per heavy atom. The summed E-state index contributed by atoms with van der Waals surface area (Å²) in [5.41, 5.74) is 0.616. The molecule has 0 saturated heterocycles. The van der Waals surface area contributed by atoms with Gasteiger partial charge >= 0.3 is 0 Å². The first kappa shape index (κ1) is 16.9. The summed E-state index contributed by atoms with van der Waals surface area (Å²) in [5, 5.41) is 8.18. The Bertz CT molecular complexity index is 145. The van der Waals surface area contributed by atoms with Crippen molar-refractivity contribution in [3.05, 3.63) is 0 Å². The molecular formula is C15H32O2. The molecule has 1 N–H and O–H groups in total. The molecule has 0 bridgehead atoms. The van der Waals surface area contributed by atoms with Crippen molar-refractivity contribution < 1.29 is 10.1 Å². The Balaban J connectivity index is 3.43. The Morgan fingerprint density at radius 1 is 0.765 bits per heavy atom. The Morgan fingerprint density at radius 2 is 1.24 bits per heavy atom. The fourth-order valence-corrected chi connectivity index (χ4v) is 2.65. The van der Waals surface area contributed by atoms with Crippen LogP contribution in [0.5, 0.6) is 0 Å². The maximum absolute atomic E-state index is 8.18. The summed E-state index contributed by atoms with van der Waals surface area (Å²) >= 11 is 0. The van der Waals surface area contributed by atoms with E-state index in [0.717, 1.165) is 6.42 Å². The van der Waals surface area contributed by atoms with E-state index in [9.17, 15) is 0 Å². The second kappa shape index (κ2) is 11.0. The summed E-state index contributed by atoms with van der Waals surface area (Å²) in [5.74, 6) is 0. The van der Waals surface area contributed by atoms with Crippen molar-refractivity contribution in [3.8, 4) is 0 Å². The van der Waals surface area contributed by atoms with Gasteiger partial charge in [0.1, 0.15) is 0 Å². The van der Waals surface area contributed by atoms with Gasteiger partial charge in [-0.2, -0.15) is 0 Å². The minimum atomic E-state index is 0.491. The fourth-order valence-electron chi connectivity index (χ4n) is 2.65. The molecule has 0 atom stereocenters. The zero-order valence-electron chi connectivity index (χ0n) is 12.1. The van der Waals surface area contributed by atoms with Crippen molar-refractivity contribution in [1.29, 1.82) is 0 Å². The van der Waals surface area contributed by atoms with Crippen LogP contribution >= 0.6 is 0 Å². The lowest BCUT2D eigenvalue weighted by molar-refractivity contribution is -0.242. The van der Waals surface area contributed by atoms with Gasteiger partial charge in [0.15, 0.2) is 0 Å². The van der Waals surface area contributed by atoms with Crippen molar-refractivity contribution >= 4 is 0 Å². The number of hydrogen-bond acceptors (Lipinski definition) is 2. The molecule has 0 aromatic rings. The van der Waals surface area contributed by atoms with Crippen LogP contribution < -0.4 is 0 Å². The summed E-state index contributed by atoms with van der Waals surface area (Å²) in [4.78, 5) is 4.06. The van der Waals surface area contributed by atoms with Crippen LogP contribution in [0.3, 0.4) is 0 Å². The minimum Gasteiger partial charge on any atom is -0.252 e. The van der Waals surface area contributed by atoms with Gasteiger partial charge in [0.05, 0.1) is 6.61 Å². The quantitative estimate of drug-likeness (QED) is 0.282. The number of hydrogen-bond donors (Lipinski definition) is 1. The highest BCUT2D eigenvalue weighted by atomic mass is 17.1. The normalized spacial score (nSPS) is 12.0. The summed E-state index contributed by atoms with van der Waals surface area (Å²) in [6, 6.07) is 0. The summed E-state index contributed by atoms with van der Waals surface area (Å²) in [6.07, 6.45) is 12.9. The molecule has 0 aliphatic heterocycles. The zero-order valence-corrected chi connectivity index (χ0v) is 12.1. The predicted octanol–water partition coefficient (Wildman–Crippen LogP) is 5.42. The minimum absolute atomic E-state index is 0.491. The van der Waals surface area contributed by atoms with Crippen LogP contribution in [-0.4, -0.2) is 11.9 Å². The molecule has 0 heterocycles. The van der Waals surface area contributed by atoms with Crippen LogP contribution in [0.2, 0.25) is 0 Å². The molecule has 0 amide bonds. The maximum Gasteiger partial charge on any atom is 0.0819 e. The topological polar surface area (TPSA) is 29.5 Å². The zero-order chi connectivity index (χ0) is 13.0. The van der Waals surface area contributed by atoms with E-state index in [1.807, 2.05) is 0 Å². The van der Waals surface area contributed by atoms with Crippen LogP contribution in [0.15, 0.2) is 0 Å². The predicted molar refractivity (Wildman–Crippen MR) is 74.2 cm³/mol. The highest BCUT2D eigenvalue weighted by Crippen LogP contribution is 2.36. The van der Waals surface area contributed by atoms with Gasteiger partial charge in [0, 0.05) is 0 Å². The molecule has 2 heteroatoms. The van der Waals surface area contributed by atoms with Crippen molar-refractivity contribution in [2.24, 2.45) is 5.41 Å². The van der Waals surface area contributed by atoms with E-state index in [1.165, 1.54) is 57.8 Å². The van der Waals surface area contributed by atoms with E-state index in [-0.39, 0.29) is 0 Å². The highest BCUT2D eigenvalue weighted by Gasteiger charge is 2.22. The van der Waals surface area contributed by atoms with Crippen LogP contribution in [0.4, 0.5) is 0 Å². The Kier molecular flexibility index (Phi) is 11.0. The maximum atomic E-state index is 8.18.